The number of aryl methyl sites for hydroxylation is 2. The van der Waals surface area contributed by atoms with E-state index in [1.54, 1.807) is 25.3 Å². The number of rotatable bonds is 1. The van der Waals surface area contributed by atoms with Gasteiger partial charge in [0.15, 0.2) is 0 Å². The van der Waals surface area contributed by atoms with Crippen molar-refractivity contribution in [3.05, 3.63) is 64.7 Å². The molecule has 1 atom stereocenters. The molecule has 0 bridgehead atoms. The largest absolute Gasteiger partial charge is 0.316 e. The van der Waals surface area contributed by atoms with E-state index in [0.29, 0.717) is 5.56 Å². The molecule has 1 aromatic carbocycles. The maximum Gasteiger partial charge on any atom is 0.126 e. The van der Waals surface area contributed by atoms with Crippen LogP contribution in [0, 0.1) is 12.7 Å². The molecule has 1 aliphatic carbocycles. The van der Waals surface area contributed by atoms with Gasteiger partial charge < -0.3 is 5.73 Å². The first-order valence-corrected chi connectivity index (χ1v) is 7.11. The first-order chi connectivity index (χ1) is 9.61. The molecule has 0 saturated heterocycles. The molecule has 3 heteroatoms. The van der Waals surface area contributed by atoms with Crippen molar-refractivity contribution in [3.63, 3.8) is 0 Å². The molecule has 1 aromatic heterocycles. The molecule has 2 aromatic rings. The lowest BCUT2D eigenvalue weighted by Gasteiger charge is -2.30. The van der Waals surface area contributed by atoms with Gasteiger partial charge in [-0.1, -0.05) is 24.6 Å². The summed E-state index contributed by atoms with van der Waals surface area (Å²) in [7, 11) is 0. The Bertz CT molecular complexity index is 639. The minimum absolute atomic E-state index is 0.200. The highest BCUT2D eigenvalue weighted by molar-refractivity contribution is 5.40. The molecule has 0 radical (unpaired) electrons. The van der Waals surface area contributed by atoms with Crippen LogP contribution in [0.4, 0.5) is 4.39 Å². The minimum atomic E-state index is -0.679. The van der Waals surface area contributed by atoms with Crippen LogP contribution in [0.3, 0.4) is 0 Å². The first-order valence-electron chi connectivity index (χ1n) is 7.11. The molecular weight excluding hydrogens is 251 g/mol. The predicted molar refractivity (Wildman–Crippen MR) is 77.9 cm³/mol. The third-order valence-corrected chi connectivity index (χ3v) is 4.27. The van der Waals surface area contributed by atoms with Gasteiger partial charge in [-0.25, -0.2) is 4.39 Å². The number of hydrogen-bond acceptors (Lipinski definition) is 2. The van der Waals surface area contributed by atoms with Crippen molar-refractivity contribution in [3.8, 4) is 0 Å². The highest BCUT2D eigenvalue weighted by Crippen LogP contribution is 2.36. The van der Waals surface area contributed by atoms with Gasteiger partial charge in [0.2, 0.25) is 0 Å². The molecule has 3 rings (SSSR count). The lowest BCUT2D eigenvalue weighted by Crippen LogP contribution is -2.39. The number of hydrogen-bond donors (Lipinski definition) is 1. The van der Waals surface area contributed by atoms with Crippen LogP contribution in [-0.4, -0.2) is 4.98 Å². The Morgan fingerprint density at radius 3 is 2.90 bits per heavy atom. The fourth-order valence-corrected chi connectivity index (χ4v) is 3.03. The van der Waals surface area contributed by atoms with Gasteiger partial charge in [-0.2, -0.15) is 0 Å². The minimum Gasteiger partial charge on any atom is -0.316 e. The van der Waals surface area contributed by atoms with Crippen molar-refractivity contribution < 1.29 is 4.39 Å². The van der Waals surface area contributed by atoms with Crippen molar-refractivity contribution in [2.24, 2.45) is 5.73 Å². The van der Waals surface area contributed by atoms with Crippen LogP contribution in [0.1, 0.15) is 41.6 Å². The van der Waals surface area contributed by atoms with Crippen molar-refractivity contribution in [1.82, 2.24) is 4.98 Å². The monoisotopic (exact) mass is 270 g/mol. The van der Waals surface area contributed by atoms with E-state index in [4.69, 9.17) is 5.73 Å². The van der Waals surface area contributed by atoms with Gasteiger partial charge in [0.1, 0.15) is 5.82 Å². The number of halogens is 1. The first kappa shape index (κ1) is 13.3. The van der Waals surface area contributed by atoms with E-state index in [0.717, 1.165) is 36.9 Å². The Balaban J connectivity index is 2.17. The second-order valence-corrected chi connectivity index (χ2v) is 5.65. The second kappa shape index (κ2) is 4.98. The topological polar surface area (TPSA) is 38.9 Å². The van der Waals surface area contributed by atoms with Crippen LogP contribution in [0.2, 0.25) is 0 Å². The van der Waals surface area contributed by atoms with Gasteiger partial charge in [-0.05, 0) is 55.0 Å². The van der Waals surface area contributed by atoms with Crippen LogP contribution in [0.15, 0.2) is 36.5 Å². The fraction of sp³-hybridized carbons (Fsp3) is 0.353. The summed E-state index contributed by atoms with van der Waals surface area (Å²) >= 11 is 0. The highest BCUT2D eigenvalue weighted by Gasteiger charge is 2.34. The van der Waals surface area contributed by atoms with Crippen molar-refractivity contribution in [2.75, 3.05) is 0 Å². The summed E-state index contributed by atoms with van der Waals surface area (Å²) in [6.45, 7) is 1.77. The summed E-state index contributed by atoms with van der Waals surface area (Å²) in [4.78, 5) is 4.51. The Hall–Kier alpha value is -1.74. The maximum absolute atomic E-state index is 13.9. The second-order valence-electron chi connectivity index (χ2n) is 5.65. The fourth-order valence-electron chi connectivity index (χ4n) is 3.03. The third kappa shape index (κ3) is 2.12. The van der Waals surface area contributed by atoms with E-state index in [2.05, 4.69) is 11.1 Å². The molecule has 20 heavy (non-hydrogen) atoms. The number of benzene rings is 1. The number of nitrogens with two attached hydrogens (primary N) is 1. The number of fused-ring (bicyclic) bond motifs is 1. The van der Waals surface area contributed by atoms with E-state index in [-0.39, 0.29) is 5.82 Å². The molecular formula is C17H19FN2. The normalized spacial score (nSPS) is 22.1. The van der Waals surface area contributed by atoms with Crippen molar-refractivity contribution in [1.29, 1.82) is 0 Å². The van der Waals surface area contributed by atoms with E-state index >= 15 is 0 Å². The van der Waals surface area contributed by atoms with E-state index in [1.165, 1.54) is 5.56 Å². The zero-order valence-corrected chi connectivity index (χ0v) is 11.7. The molecule has 0 unspecified atom stereocenters. The Kier molecular flexibility index (Phi) is 3.30. The summed E-state index contributed by atoms with van der Waals surface area (Å²) in [5, 5.41) is 0. The van der Waals surface area contributed by atoms with Crippen LogP contribution in [-0.2, 0) is 12.0 Å². The molecule has 0 spiro atoms. The Morgan fingerprint density at radius 2 is 2.10 bits per heavy atom. The van der Waals surface area contributed by atoms with Crippen LogP contribution in [0.5, 0.6) is 0 Å². The predicted octanol–water partition coefficient (Wildman–Crippen LogP) is 3.46. The summed E-state index contributed by atoms with van der Waals surface area (Å²) in [6, 6.07) is 9.33. The summed E-state index contributed by atoms with van der Waals surface area (Å²) in [6.07, 6.45) is 5.71. The van der Waals surface area contributed by atoms with Gasteiger partial charge in [-0.3, -0.25) is 4.98 Å². The summed E-state index contributed by atoms with van der Waals surface area (Å²) in [5.41, 5.74) is 9.56. The average molecular weight is 270 g/mol. The summed E-state index contributed by atoms with van der Waals surface area (Å²) < 4.78 is 13.9. The van der Waals surface area contributed by atoms with Crippen molar-refractivity contribution >= 4 is 0 Å². The summed E-state index contributed by atoms with van der Waals surface area (Å²) in [5.74, 6) is -0.200. The molecule has 0 saturated carbocycles. The van der Waals surface area contributed by atoms with Gasteiger partial charge in [-0.15, -0.1) is 0 Å². The third-order valence-electron chi connectivity index (χ3n) is 4.27. The molecule has 2 nitrogen and oxygen atoms in total. The van der Waals surface area contributed by atoms with Crippen molar-refractivity contribution in [2.45, 2.75) is 38.1 Å². The number of nitrogens with zero attached hydrogens (tertiary/aromatic N) is 1. The molecule has 1 heterocycles. The van der Waals surface area contributed by atoms with Crippen LogP contribution < -0.4 is 5.73 Å². The number of pyridine rings is 1. The zero-order chi connectivity index (χ0) is 14.2. The van der Waals surface area contributed by atoms with E-state index in [1.807, 2.05) is 12.1 Å². The lowest BCUT2D eigenvalue weighted by atomic mass is 9.82. The van der Waals surface area contributed by atoms with Gasteiger partial charge >= 0.3 is 0 Å². The molecule has 1 aliphatic rings. The highest BCUT2D eigenvalue weighted by atomic mass is 19.1. The maximum atomic E-state index is 13.9. The van der Waals surface area contributed by atoms with Crippen LogP contribution in [0.25, 0.3) is 0 Å². The Morgan fingerprint density at radius 1 is 1.25 bits per heavy atom. The van der Waals surface area contributed by atoms with Crippen LogP contribution >= 0.6 is 0 Å². The van der Waals surface area contributed by atoms with Gasteiger partial charge in [0.05, 0.1) is 11.2 Å². The molecule has 2 N–H and O–H groups in total. The molecule has 104 valence electrons. The average Bonchev–Trinajstić information content (AvgIpc) is 2.63. The van der Waals surface area contributed by atoms with Gasteiger partial charge in [0, 0.05) is 6.20 Å². The van der Waals surface area contributed by atoms with E-state index < -0.39 is 5.54 Å². The van der Waals surface area contributed by atoms with Gasteiger partial charge in [0.25, 0.3) is 0 Å². The zero-order valence-electron chi connectivity index (χ0n) is 11.7. The SMILES string of the molecule is Cc1ccc([C@@]2(N)CCCCc3cccnc32)cc1F. The quantitative estimate of drug-likeness (QED) is 0.806. The Labute approximate surface area is 118 Å². The smallest absolute Gasteiger partial charge is 0.126 e. The van der Waals surface area contributed by atoms with E-state index in [9.17, 15) is 4.39 Å². The standard InChI is InChI=1S/C17H19FN2/c1-12-7-8-14(11-15(12)18)17(19)9-3-2-5-13-6-4-10-20-16(13)17/h4,6-8,10-11H,2-3,5,9,19H2,1H3/t17-/m0/s1. The molecule has 0 fully saturated rings. The lowest BCUT2D eigenvalue weighted by molar-refractivity contribution is 0.464. The molecule has 0 amide bonds. The molecule has 0 aliphatic heterocycles. The number of aromatic nitrogens is 1.